The first-order chi connectivity index (χ1) is 11.0. The van der Waals surface area contributed by atoms with Crippen LogP contribution in [0.25, 0.3) is 0 Å². The quantitative estimate of drug-likeness (QED) is 0.897. The lowest BCUT2D eigenvalue weighted by molar-refractivity contribution is -0.149. The molecule has 1 heterocycles. The van der Waals surface area contributed by atoms with Crippen molar-refractivity contribution in [3.05, 3.63) is 29.3 Å². The number of ether oxygens (including phenoxy) is 1. The minimum atomic E-state index is -0.757. The molecule has 1 aliphatic carbocycles. The summed E-state index contributed by atoms with van der Waals surface area (Å²) >= 11 is 5.80. The van der Waals surface area contributed by atoms with Crippen molar-refractivity contribution in [2.75, 3.05) is 19.7 Å². The molecule has 6 heteroatoms. The molecule has 2 atom stereocenters. The van der Waals surface area contributed by atoms with E-state index >= 15 is 0 Å². The number of rotatable bonds is 5. The first-order valence-electron chi connectivity index (χ1n) is 7.91. The number of nitrogens with zero attached hydrogens (tertiary/aromatic N) is 1. The van der Waals surface area contributed by atoms with Gasteiger partial charge in [0.2, 0.25) is 5.91 Å². The number of benzene rings is 1. The zero-order valence-corrected chi connectivity index (χ0v) is 13.6. The lowest BCUT2D eigenvalue weighted by atomic mass is 9.81. The van der Waals surface area contributed by atoms with Crippen LogP contribution in [0.15, 0.2) is 24.3 Å². The van der Waals surface area contributed by atoms with Crippen LogP contribution < -0.4 is 4.74 Å². The Bertz CT molecular complexity index is 603. The van der Waals surface area contributed by atoms with Gasteiger partial charge in [-0.1, -0.05) is 18.0 Å². The second-order valence-corrected chi connectivity index (χ2v) is 6.81. The van der Waals surface area contributed by atoms with Gasteiger partial charge in [-0.25, -0.2) is 0 Å². The summed E-state index contributed by atoms with van der Waals surface area (Å²) < 4.78 is 5.54. The molecule has 3 rings (SSSR count). The topological polar surface area (TPSA) is 66.8 Å². The molecule has 0 aromatic heterocycles. The van der Waals surface area contributed by atoms with Crippen molar-refractivity contribution in [2.24, 2.45) is 11.3 Å². The number of halogens is 1. The van der Waals surface area contributed by atoms with Gasteiger partial charge in [-0.2, -0.15) is 0 Å². The molecule has 1 aromatic rings. The van der Waals surface area contributed by atoms with Crippen molar-refractivity contribution < 1.29 is 19.4 Å². The average molecular weight is 338 g/mol. The maximum atomic E-state index is 12.3. The monoisotopic (exact) mass is 337 g/mol. The molecule has 0 unspecified atom stereocenters. The third-order valence-corrected chi connectivity index (χ3v) is 5.30. The van der Waals surface area contributed by atoms with E-state index in [1.54, 1.807) is 29.2 Å². The lowest BCUT2D eigenvalue weighted by Gasteiger charge is -2.23. The van der Waals surface area contributed by atoms with Crippen LogP contribution in [0.1, 0.15) is 25.7 Å². The number of carbonyl (C=O) groups is 2. The fourth-order valence-corrected chi connectivity index (χ4v) is 3.90. The van der Waals surface area contributed by atoms with Gasteiger partial charge in [0.05, 0.1) is 18.4 Å². The van der Waals surface area contributed by atoms with Crippen LogP contribution >= 0.6 is 11.6 Å². The Morgan fingerprint density at radius 2 is 2.09 bits per heavy atom. The summed E-state index contributed by atoms with van der Waals surface area (Å²) in [4.78, 5) is 25.6. The molecule has 1 aromatic carbocycles. The maximum absolute atomic E-state index is 12.3. The van der Waals surface area contributed by atoms with Gasteiger partial charge in [-0.3, -0.25) is 9.59 Å². The Morgan fingerprint density at radius 1 is 1.35 bits per heavy atom. The Hall–Kier alpha value is -1.75. The van der Waals surface area contributed by atoms with E-state index < -0.39 is 11.4 Å². The summed E-state index contributed by atoms with van der Waals surface area (Å²) in [6.45, 7) is 1.18. The lowest BCUT2D eigenvalue weighted by Crippen LogP contribution is -2.37. The van der Waals surface area contributed by atoms with Gasteiger partial charge in [0, 0.05) is 18.1 Å². The molecule has 5 nitrogen and oxygen atoms in total. The minimum absolute atomic E-state index is 0.0333. The number of fused-ring (bicyclic) bond motifs is 1. The molecule has 23 heavy (non-hydrogen) atoms. The van der Waals surface area contributed by atoms with Crippen molar-refractivity contribution in [3.8, 4) is 5.75 Å². The molecule has 1 saturated carbocycles. The van der Waals surface area contributed by atoms with Crippen LogP contribution in [0, 0.1) is 11.3 Å². The Kier molecular flexibility index (Phi) is 4.48. The van der Waals surface area contributed by atoms with Crippen LogP contribution in [0.3, 0.4) is 0 Å². The highest BCUT2D eigenvalue weighted by Crippen LogP contribution is 2.48. The Labute approximate surface area is 140 Å². The largest absolute Gasteiger partial charge is 0.493 e. The van der Waals surface area contributed by atoms with Gasteiger partial charge >= 0.3 is 5.97 Å². The number of likely N-dealkylation sites (tertiary alicyclic amines) is 1. The molecule has 2 fully saturated rings. The third kappa shape index (κ3) is 3.15. The third-order valence-electron chi connectivity index (χ3n) is 5.05. The summed E-state index contributed by atoms with van der Waals surface area (Å²) in [7, 11) is 0. The van der Waals surface area contributed by atoms with Crippen LogP contribution in [0.5, 0.6) is 5.75 Å². The van der Waals surface area contributed by atoms with Crippen molar-refractivity contribution >= 4 is 23.5 Å². The van der Waals surface area contributed by atoms with Crippen molar-refractivity contribution in [1.82, 2.24) is 4.90 Å². The number of hydrogen-bond donors (Lipinski definition) is 1. The van der Waals surface area contributed by atoms with E-state index in [2.05, 4.69) is 0 Å². The predicted molar refractivity (Wildman–Crippen MR) is 85.6 cm³/mol. The fourth-order valence-electron chi connectivity index (χ4n) is 3.77. The normalized spacial score (nSPS) is 26.1. The summed E-state index contributed by atoms with van der Waals surface area (Å²) in [6.07, 6.45) is 2.78. The van der Waals surface area contributed by atoms with Crippen LogP contribution in [0.2, 0.25) is 5.02 Å². The maximum Gasteiger partial charge on any atom is 0.311 e. The SMILES string of the molecule is O=C(CCOc1ccc(Cl)cc1)N1C[C@@H]2CCC[C@@]2(C(=O)O)C1. The predicted octanol–water partition coefficient (Wildman–Crippen LogP) is 2.82. The molecule has 0 radical (unpaired) electrons. The molecule has 0 spiro atoms. The van der Waals surface area contributed by atoms with Crippen LogP contribution in [-0.4, -0.2) is 41.6 Å². The summed E-state index contributed by atoms with van der Waals surface area (Å²) in [5, 5.41) is 10.2. The number of carboxylic acids is 1. The molecule has 1 N–H and O–H groups in total. The van der Waals surface area contributed by atoms with Crippen LogP contribution in [-0.2, 0) is 9.59 Å². The fraction of sp³-hybridized carbons (Fsp3) is 0.529. The second-order valence-electron chi connectivity index (χ2n) is 6.38. The van der Waals surface area contributed by atoms with E-state index in [0.29, 0.717) is 30.3 Å². The number of carbonyl (C=O) groups excluding carboxylic acids is 1. The molecule has 1 saturated heterocycles. The van der Waals surface area contributed by atoms with Crippen molar-refractivity contribution in [3.63, 3.8) is 0 Å². The van der Waals surface area contributed by atoms with E-state index in [-0.39, 0.29) is 24.9 Å². The number of amides is 1. The van der Waals surface area contributed by atoms with Gasteiger partial charge in [0.25, 0.3) is 0 Å². The van der Waals surface area contributed by atoms with Crippen molar-refractivity contribution in [1.29, 1.82) is 0 Å². The van der Waals surface area contributed by atoms with Crippen molar-refractivity contribution in [2.45, 2.75) is 25.7 Å². The number of aliphatic carboxylic acids is 1. The van der Waals surface area contributed by atoms with Gasteiger partial charge < -0.3 is 14.7 Å². The van der Waals surface area contributed by atoms with Gasteiger partial charge in [0.1, 0.15) is 5.75 Å². The van der Waals surface area contributed by atoms with Gasteiger partial charge in [0.15, 0.2) is 0 Å². The summed E-state index contributed by atoms with van der Waals surface area (Å²) in [5.74, 6) is -0.0228. The molecule has 2 aliphatic rings. The van der Waals surface area contributed by atoms with E-state index in [4.69, 9.17) is 16.3 Å². The van der Waals surface area contributed by atoms with E-state index in [1.165, 1.54) is 0 Å². The van der Waals surface area contributed by atoms with Crippen LogP contribution in [0.4, 0.5) is 0 Å². The average Bonchev–Trinajstić information content (AvgIpc) is 3.07. The highest BCUT2D eigenvalue weighted by Gasteiger charge is 2.55. The first kappa shape index (κ1) is 16.1. The highest BCUT2D eigenvalue weighted by molar-refractivity contribution is 6.30. The van der Waals surface area contributed by atoms with E-state index in [1.807, 2.05) is 0 Å². The standard InChI is InChI=1S/C17H20ClNO4/c18-13-3-5-14(6-4-13)23-9-7-15(20)19-10-12-2-1-8-17(12,11-19)16(21)22/h3-6,12H,1-2,7-11H2,(H,21,22)/t12-,17+/m0/s1. The molecule has 1 aliphatic heterocycles. The Balaban J connectivity index is 1.51. The molecule has 124 valence electrons. The molecule has 1 amide bonds. The van der Waals surface area contributed by atoms with E-state index in [0.717, 1.165) is 12.8 Å². The smallest absolute Gasteiger partial charge is 0.311 e. The zero-order valence-electron chi connectivity index (χ0n) is 12.8. The summed E-state index contributed by atoms with van der Waals surface area (Å²) in [5.41, 5.74) is -0.716. The summed E-state index contributed by atoms with van der Waals surface area (Å²) in [6, 6.07) is 6.98. The molecule has 0 bridgehead atoms. The Morgan fingerprint density at radius 3 is 2.74 bits per heavy atom. The van der Waals surface area contributed by atoms with E-state index in [9.17, 15) is 14.7 Å². The second kappa shape index (κ2) is 6.40. The minimum Gasteiger partial charge on any atom is -0.493 e. The zero-order chi connectivity index (χ0) is 16.4. The first-order valence-corrected chi connectivity index (χ1v) is 8.28. The molecular formula is C17H20ClNO4. The molecular weight excluding hydrogens is 318 g/mol. The number of hydrogen-bond acceptors (Lipinski definition) is 3. The van der Waals surface area contributed by atoms with Gasteiger partial charge in [-0.05, 0) is 43.0 Å². The van der Waals surface area contributed by atoms with Gasteiger partial charge in [-0.15, -0.1) is 0 Å². The number of carboxylic acid groups (broad SMARTS) is 1. The highest BCUT2D eigenvalue weighted by atomic mass is 35.5.